The highest BCUT2D eigenvalue weighted by atomic mass is 16.2. The molecule has 2 N–H and O–H groups in total. The molecule has 0 saturated carbocycles. The molecule has 2 aromatic heterocycles. The van der Waals surface area contributed by atoms with Crippen LogP contribution in [-0.2, 0) is 11.3 Å². The summed E-state index contributed by atoms with van der Waals surface area (Å²) in [5.74, 6) is 0.0559. The quantitative estimate of drug-likeness (QED) is 0.535. The van der Waals surface area contributed by atoms with Gasteiger partial charge in [-0.1, -0.05) is 25.1 Å². The number of H-pyrrole nitrogens is 1. The van der Waals surface area contributed by atoms with Gasteiger partial charge in [0, 0.05) is 42.1 Å². The molecule has 2 heterocycles. The monoisotopic (exact) mass is 338 g/mol. The van der Waals surface area contributed by atoms with Crippen molar-refractivity contribution < 1.29 is 9.59 Å². The molecule has 0 aliphatic carbocycles. The topological polar surface area (TPSA) is 79.8 Å². The van der Waals surface area contributed by atoms with E-state index in [4.69, 9.17) is 0 Å². The standard InChI is InChI=1S/C19H22N4O2/c1-12(11-23-9-8-20-14(23)3)10-21-19(25)18(24)17-13(2)22-16-7-5-4-6-15(16)17/h4-9,12,22H,10-11H2,1-3H3,(H,21,25)/t12-/m1/s1. The van der Waals surface area contributed by atoms with Crippen LogP contribution in [0.3, 0.4) is 0 Å². The molecular weight excluding hydrogens is 316 g/mol. The number of amides is 1. The summed E-state index contributed by atoms with van der Waals surface area (Å²) >= 11 is 0. The molecule has 0 aliphatic rings. The van der Waals surface area contributed by atoms with Gasteiger partial charge in [0.1, 0.15) is 5.82 Å². The van der Waals surface area contributed by atoms with Gasteiger partial charge in [0.15, 0.2) is 0 Å². The van der Waals surface area contributed by atoms with Crippen LogP contribution in [0.4, 0.5) is 0 Å². The van der Waals surface area contributed by atoms with Crippen LogP contribution in [0.1, 0.15) is 28.8 Å². The van der Waals surface area contributed by atoms with E-state index in [-0.39, 0.29) is 5.92 Å². The zero-order valence-corrected chi connectivity index (χ0v) is 14.7. The second kappa shape index (κ2) is 6.93. The predicted molar refractivity (Wildman–Crippen MR) is 96.5 cm³/mol. The van der Waals surface area contributed by atoms with E-state index >= 15 is 0 Å². The van der Waals surface area contributed by atoms with Gasteiger partial charge < -0.3 is 14.9 Å². The van der Waals surface area contributed by atoms with Crippen LogP contribution in [0.25, 0.3) is 10.9 Å². The van der Waals surface area contributed by atoms with E-state index in [1.54, 1.807) is 6.20 Å². The summed E-state index contributed by atoms with van der Waals surface area (Å²) in [6.07, 6.45) is 3.66. The van der Waals surface area contributed by atoms with E-state index in [0.29, 0.717) is 17.8 Å². The number of hydrogen-bond acceptors (Lipinski definition) is 3. The summed E-state index contributed by atoms with van der Waals surface area (Å²) in [6, 6.07) is 7.50. The van der Waals surface area contributed by atoms with E-state index in [9.17, 15) is 9.59 Å². The smallest absolute Gasteiger partial charge is 0.292 e. The predicted octanol–water partition coefficient (Wildman–Crippen LogP) is 2.62. The number of benzene rings is 1. The fourth-order valence-electron chi connectivity index (χ4n) is 3.03. The minimum Gasteiger partial charge on any atom is -0.358 e. The lowest BCUT2D eigenvalue weighted by molar-refractivity contribution is -0.117. The Morgan fingerprint density at radius 2 is 2.04 bits per heavy atom. The molecule has 6 nitrogen and oxygen atoms in total. The first-order valence-corrected chi connectivity index (χ1v) is 8.35. The van der Waals surface area contributed by atoms with Gasteiger partial charge in [-0.05, 0) is 25.8 Å². The maximum atomic E-state index is 12.6. The molecule has 6 heteroatoms. The number of aromatic nitrogens is 3. The highest BCUT2D eigenvalue weighted by molar-refractivity contribution is 6.45. The number of fused-ring (bicyclic) bond motifs is 1. The van der Waals surface area contributed by atoms with Gasteiger partial charge >= 0.3 is 0 Å². The number of para-hydroxylation sites is 1. The molecule has 1 aromatic carbocycles. The van der Waals surface area contributed by atoms with Crippen molar-refractivity contribution in [2.24, 2.45) is 5.92 Å². The molecule has 0 fully saturated rings. The number of carbonyl (C=O) groups is 2. The lowest BCUT2D eigenvalue weighted by Crippen LogP contribution is -2.35. The number of nitrogens with one attached hydrogen (secondary N) is 2. The van der Waals surface area contributed by atoms with Gasteiger partial charge in [-0.2, -0.15) is 0 Å². The highest BCUT2D eigenvalue weighted by Gasteiger charge is 2.22. The summed E-state index contributed by atoms with van der Waals surface area (Å²) in [5.41, 5.74) is 2.02. The molecule has 0 bridgehead atoms. The third kappa shape index (κ3) is 3.47. The second-order valence-electron chi connectivity index (χ2n) is 6.44. The minimum atomic E-state index is -0.568. The Morgan fingerprint density at radius 1 is 1.28 bits per heavy atom. The normalized spacial score (nSPS) is 12.3. The van der Waals surface area contributed by atoms with Crippen LogP contribution in [0.2, 0.25) is 0 Å². The number of rotatable bonds is 6. The van der Waals surface area contributed by atoms with Crippen molar-refractivity contribution in [1.82, 2.24) is 19.9 Å². The Morgan fingerprint density at radius 3 is 2.76 bits per heavy atom. The summed E-state index contributed by atoms with van der Waals surface area (Å²) in [6.45, 7) is 6.96. The summed E-state index contributed by atoms with van der Waals surface area (Å²) in [7, 11) is 0. The molecule has 0 saturated heterocycles. The van der Waals surface area contributed by atoms with Crippen LogP contribution < -0.4 is 5.32 Å². The molecule has 0 unspecified atom stereocenters. The summed E-state index contributed by atoms with van der Waals surface area (Å²) in [5, 5.41) is 3.54. The largest absolute Gasteiger partial charge is 0.358 e. The van der Waals surface area contributed by atoms with E-state index < -0.39 is 11.7 Å². The van der Waals surface area contributed by atoms with E-state index in [2.05, 4.69) is 15.3 Å². The third-order valence-electron chi connectivity index (χ3n) is 4.37. The molecule has 25 heavy (non-hydrogen) atoms. The van der Waals surface area contributed by atoms with Crippen LogP contribution in [0.5, 0.6) is 0 Å². The van der Waals surface area contributed by atoms with E-state index in [1.165, 1.54) is 0 Å². The van der Waals surface area contributed by atoms with Gasteiger partial charge in [-0.25, -0.2) is 4.98 Å². The van der Waals surface area contributed by atoms with Crippen LogP contribution in [-0.4, -0.2) is 32.8 Å². The van der Waals surface area contributed by atoms with Crippen molar-refractivity contribution in [1.29, 1.82) is 0 Å². The fourth-order valence-corrected chi connectivity index (χ4v) is 3.03. The summed E-state index contributed by atoms with van der Waals surface area (Å²) < 4.78 is 2.03. The average molecular weight is 338 g/mol. The molecule has 0 radical (unpaired) electrons. The Bertz CT molecular complexity index is 923. The van der Waals surface area contributed by atoms with Crippen LogP contribution >= 0.6 is 0 Å². The highest BCUT2D eigenvalue weighted by Crippen LogP contribution is 2.22. The van der Waals surface area contributed by atoms with Crippen LogP contribution in [0, 0.1) is 19.8 Å². The maximum Gasteiger partial charge on any atom is 0.292 e. The number of aryl methyl sites for hydroxylation is 2. The first kappa shape index (κ1) is 17.0. The molecule has 3 aromatic rings. The number of ketones is 1. The molecule has 0 aliphatic heterocycles. The Kier molecular flexibility index (Phi) is 4.70. The number of hydrogen-bond donors (Lipinski definition) is 2. The zero-order chi connectivity index (χ0) is 18.0. The Balaban J connectivity index is 1.65. The van der Waals surface area contributed by atoms with E-state index in [0.717, 1.165) is 23.3 Å². The molecule has 3 rings (SSSR count). The first-order valence-electron chi connectivity index (χ1n) is 8.35. The van der Waals surface area contributed by atoms with Crippen LogP contribution in [0.15, 0.2) is 36.7 Å². The number of aromatic amines is 1. The number of carbonyl (C=O) groups excluding carboxylic acids is 2. The SMILES string of the molecule is Cc1[nH]c2ccccc2c1C(=O)C(=O)NC[C@@H](C)Cn1ccnc1C. The second-order valence-corrected chi connectivity index (χ2v) is 6.44. The lowest BCUT2D eigenvalue weighted by atomic mass is 10.1. The van der Waals surface area contributed by atoms with Crippen molar-refractivity contribution in [2.75, 3.05) is 6.54 Å². The molecule has 0 spiro atoms. The van der Waals surface area contributed by atoms with Gasteiger partial charge in [-0.3, -0.25) is 9.59 Å². The number of imidazole rings is 1. The molecular formula is C19H22N4O2. The molecule has 1 amide bonds. The van der Waals surface area contributed by atoms with Crippen molar-refractivity contribution in [3.63, 3.8) is 0 Å². The van der Waals surface area contributed by atoms with Gasteiger partial charge in [0.2, 0.25) is 0 Å². The van der Waals surface area contributed by atoms with Crippen molar-refractivity contribution >= 4 is 22.6 Å². The lowest BCUT2D eigenvalue weighted by Gasteiger charge is -2.14. The van der Waals surface area contributed by atoms with Crippen molar-refractivity contribution in [3.8, 4) is 0 Å². The number of Topliss-reactive ketones (excluding diaryl/α,β-unsaturated/α-hetero) is 1. The van der Waals surface area contributed by atoms with Gasteiger partial charge in [0.05, 0.1) is 5.56 Å². The average Bonchev–Trinajstić information content (AvgIpc) is 3.14. The van der Waals surface area contributed by atoms with Gasteiger partial charge in [-0.15, -0.1) is 0 Å². The molecule has 1 atom stereocenters. The van der Waals surface area contributed by atoms with E-state index in [1.807, 2.05) is 55.8 Å². The van der Waals surface area contributed by atoms with Crippen molar-refractivity contribution in [2.45, 2.75) is 27.3 Å². The Labute approximate surface area is 146 Å². The molecule has 130 valence electrons. The maximum absolute atomic E-state index is 12.6. The zero-order valence-electron chi connectivity index (χ0n) is 14.7. The third-order valence-corrected chi connectivity index (χ3v) is 4.37. The Hall–Kier alpha value is -2.89. The fraction of sp³-hybridized carbons (Fsp3) is 0.316. The first-order chi connectivity index (χ1) is 12.0. The summed E-state index contributed by atoms with van der Waals surface area (Å²) in [4.78, 5) is 32.2. The minimum absolute atomic E-state index is 0.189. The van der Waals surface area contributed by atoms with Crippen molar-refractivity contribution in [3.05, 3.63) is 53.7 Å². The van der Waals surface area contributed by atoms with Gasteiger partial charge in [0.25, 0.3) is 11.7 Å². The number of nitrogens with zero attached hydrogens (tertiary/aromatic N) is 2.